The van der Waals surface area contributed by atoms with Gasteiger partial charge in [-0.1, -0.05) is 13.8 Å². The third-order valence-electron chi connectivity index (χ3n) is 2.37. The van der Waals surface area contributed by atoms with Gasteiger partial charge in [-0.25, -0.2) is 0 Å². The summed E-state index contributed by atoms with van der Waals surface area (Å²) < 4.78 is 0. The van der Waals surface area contributed by atoms with Gasteiger partial charge in [-0.2, -0.15) is 0 Å². The monoisotopic (exact) mass is 241 g/mol. The number of aliphatic carboxylic acids is 1. The molecule has 0 amide bonds. The standard InChI is InChI=1S/C12H19NO2S/c1-7(2)6-13-11(12(14)15)10-5-8(3)16-9(10)4/h5,7,11,13H,6H2,1-4H3,(H,14,15). The van der Waals surface area contributed by atoms with Crippen molar-refractivity contribution >= 4 is 17.3 Å². The quantitative estimate of drug-likeness (QED) is 0.833. The number of rotatable bonds is 5. The molecular weight excluding hydrogens is 222 g/mol. The minimum Gasteiger partial charge on any atom is -0.480 e. The van der Waals surface area contributed by atoms with Gasteiger partial charge in [0.05, 0.1) is 0 Å². The van der Waals surface area contributed by atoms with E-state index in [0.717, 1.165) is 15.3 Å². The first-order chi connectivity index (χ1) is 7.41. The third-order valence-corrected chi connectivity index (χ3v) is 3.35. The highest BCUT2D eigenvalue weighted by molar-refractivity contribution is 7.12. The molecule has 0 aliphatic heterocycles. The molecule has 4 heteroatoms. The van der Waals surface area contributed by atoms with Crippen molar-refractivity contribution in [2.75, 3.05) is 6.54 Å². The average molecular weight is 241 g/mol. The fourth-order valence-corrected chi connectivity index (χ4v) is 2.58. The van der Waals surface area contributed by atoms with E-state index in [4.69, 9.17) is 0 Å². The number of nitrogens with one attached hydrogen (secondary N) is 1. The molecule has 1 unspecified atom stereocenters. The zero-order valence-electron chi connectivity index (χ0n) is 10.2. The molecule has 0 aliphatic carbocycles. The highest BCUT2D eigenvalue weighted by Gasteiger charge is 2.22. The number of carboxylic acid groups (broad SMARTS) is 1. The Balaban J connectivity index is 2.85. The SMILES string of the molecule is Cc1cc(C(NCC(C)C)C(=O)O)c(C)s1. The average Bonchev–Trinajstić information content (AvgIpc) is 2.45. The van der Waals surface area contributed by atoms with Gasteiger partial charge in [0.2, 0.25) is 0 Å². The van der Waals surface area contributed by atoms with E-state index >= 15 is 0 Å². The van der Waals surface area contributed by atoms with Crippen LogP contribution in [-0.2, 0) is 4.79 Å². The van der Waals surface area contributed by atoms with Gasteiger partial charge in [-0.3, -0.25) is 4.79 Å². The fourth-order valence-electron chi connectivity index (χ4n) is 1.62. The molecule has 0 saturated carbocycles. The predicted octanol–water partition coefficient (Wildman–Crippen LogP) is 2.74. The summed E-state index contributed by atoms with van der Waals surface area (Å²) in [4.78, 5) is 13.5. The predicted molar refractivity (Wildman–Crippen MR) is 67.0 cm³/mol. The molecule has 16 heavy (non-hydrogen) atoms. The van der Waals surface area contributed by atoms with Crippen LogP contribution >= 0.6 is 11.3 Å². The van der Waals surface area contributed by atoms with E-state index in [1.54, 1.807) is 11.3 Å². The summed E-state index contributed by atoms with van der Waals surface area (Å²) in [6.45, 7) is 8.82. The maximum absolute atomic E-state index is 11.2. The molecule has 0 spiro atoms. The van der Waals surface area contributed by atoms with Crippen LogP contribution < -0.4 is 5.32 Å². The van der Waals surface area contributed by atoms with E-state index in [-0.39, 0.29) is 0 Å². The Labute approximate surface area is 100 Å². The topological polar surface area (TPSA) is 49.3 Å². The number of hydrogen-bond acceptors (Lipinski definition) is 3. The Bertz CT molecular complexity index is 371. The van der Waals surface area contributed by atoms with Crippen LogP contribution in [0.1, 0.15) is 35.2 Å². The molecule has 0 fully saturated rings. The Hall–Kier alpha value is -0.870. The lowest BCUT2D eigenvalue weighted by atomic mass is 10.1. The second-order valence-electron chi connectivity index (χ2n) is 4.44. The molecule has 1 rings (SSSR count). The van der Waals surface area contributed by atoms with Crippen LogP contribution in [0.25, 0.3) is 0 Å². The molecule has 2 N–H and O–H groups in total. The molecule has 1 aromatic rings. The largest absolute Gasteiger partial charge is 0.480 e. The fraction of sp³-hybridized carbons (Fsp3) is 0.583. The highest BCUT2D eigenvalue weighted by Crippen LogP contribution is 2.26. The van der Waals surface area contributed by atoms with Gasteiger partial charge in [0.15, 0.2) is 0 Å². The van der Waals surface area contributed by atoms with Crippen molar-refractivity contribution in [3.8, 4) is 0 Å². The summed E-state index contributed by atoms with van der Waals surface area (Å²) >= 11 is 1.65. The summed E-state index contributed by atoms with van der Waals surface area (Å²) in [7, 11) is 0. The van der Waals surface area contributed by atoms with Crippen LogP contribution in [0.5, 0.6) is 0 Å². The van der Waals surface area contributed by atoms with Crippen molar-refractivity contribution in [1.29, 1.82) is 0 Å². The first kappa shape index (κ1) is 13.2. The summed E-state index contributed by atoms with van der Waals surface area (Å²) in [5, 5.41) is 12.3. The highest BCUT2D eigenvalue weighted by atomic mass is 32.1. The summed E-state index contributed by atoms with van der Waals surface area (Å²) in [5.74, 6) is -0.358. The zero-order valence-corrected chi connectivity index (χ0v) is 11.0. The van der Waals surface area contributed by atoms with Crippen molar-refractivity contribution in [2.45, 2.75) is 33.7 Å². The number of hydrogen-bond donors (Lipinski definition) is 2. The van der Waals surface area contributed by atoms with Gasteiger partial charge in [-0.15, -0.1) is 11.3 Å². The van der Waals surface area contributed by atoms with Crippen molar-refractivity contribution in [1.82, 2.24) is 5.32 Å². The van der Waals surface area contributed by atoms with Crippen molar-refractivity contribution in [3.05, 3.63) is 21.4 Å². The molecule has 1 atom stereocenters. The van der Waals surface area contributed by atoms with Crippen LogP contribution in [0.15, 0.2) is 6.07 Å². The molecule has 3 nitrogen and oxygen atoms in total. The third kappa shape index (κ3) is 3.32. The maximum atomic E-state index is 11.2. The van der Waals surface area contributed by atoms with E-state index < -0.39 is 12.0 Å². The minimum atomic E-state index is -0.804. The van der Waals surface area contributed by atoms with Crippen LogP contribution in [0.4, 0.5) is 0 Å². The van der Waals surface area contributed by atoms with E-state index in [0.29, 0.717) is 12.5 Å². The molecule has 90 valence electrons. The van der Waals surface area contributed by atoms with Crippen LogP contribution in [-0.4, -0.2) is 17.6 Å². The van der Waals surface area contributed by atoms with Crippen molar-refractivity contribution in [3.63, 3.8) is 0 Å². The van der Waals surface area contributed by atoms with E-state index in [9.17, 15) is 9.90 Å². The first-order valence-electron chi connectivity index (χ1n) is 5.45. The zero-order chi connectivity index (χ0) is 12.3. The van der Waals surface area contributed by atoms with Gasteiger partial charge >= 0.3 is 5.97 Å². The number of carboxylic acids is 1. The minimum absolute atomic E-state index is 0.446. The van der Waals surface area contributed by atoms with Gasteiger partial charge in [0.25, 0.3) is 0 Å². The second-order valence-corrected chi connectivity index (χ2v) is 5.90. The summed E-state index contributed by atoms with van der Waals surface area (Å²) in [5.41, 5.74) is 0.899. The Morgan fingerprint density at radius 2 is 2.12 bits per heavy atom. The maximum Gasteiger partial charge on any atom is 0.325 e. The normalized spacial score (nSPS) is 13.1. The lowest BCUT2D eigenvalue weighted by Crippen LogP contribution is -2.31. The lowest BCUT2D eigenvalue weighted by molar-refractivity contribution is -0.139. The van der Waals surface area contributed by atoms with Gasteiger partial charge < -0.3 is 10.4 Å². The molecular formula is C12H19NO2S. The van der Waals surface area contributed by atoms with Crippen LogP contribution in [0, 0.1) is 19.8 Å². The van der Waals surface area contributed by atoms with Gasteiger partial charge in [0, 0.05) is 9.75 Å². The number of carbonyl (C=O) groups is 1. The number of thiophene rings is 1. The summed E-state index contributed by atoms with van der Waals surface area (Å²) in [6.07, 6.45) is 0. The van der Waals surface area contributed by atoms with E-state index in [2.05, 4.69) is 19.2 Å². The Morgan fingerprint density at radius 3 is 2.50 bits per heavy atom. The smallest absolute Gasteiger partial charge is 0.325 e. The van der Waals surface area contributed by atoms with Crippen LogP contribution in [0.3, 0.4) is 0 Å². The number of aryl methyl sites for hydroxylation is 2. The molecule has 1 aromatic heterocycles. The summed E-state index contributed by atoms with van der Waals surface area (Å²) in [6, 6.07) is 1.39. The molecule has 0 saturated heterocycles. The molecule has 0 bridgehead atoms. The van der Waals surface area contributed by atoms with Gasteiger partial charge in [0.1, 0.15) is 6.04 Å². The Kier molecular flexibility index (Phi) is 4.50. The molecule has 0 aliphatic rings. The molecule has 0 aromatic carbocycles. The van der Waals surface area contributed by atoms with Crippen LogP contribution in [0.2, 0.25) is 0 Å². The first-order valence-corrected chi connectivity index (χ1v) is 6.26. The lowest BCUT2D eigenvalue weighted by Gasteiger charge is -2.16. The molecule has 1 heterocycles. The van der Waals surface area contributed by atoms with E-state index in [1.165, 1.54) is 0 Å². The van der Waals surface area contributed by atoms with Crippen molar-refractivity contribution in [2.24, 2.45) is 5.92 Å². The second kappa shape index (κ2) is 5.46. The van der Waals surface area contributed by atoms with Crippen molar-refractivity contribution < 1.29 is 9.90 Å². The Morgan fingerprint density at radius 1 is 1.50 bits per heavy atom. The van der Waals surface area contributed by atoms with Gasteiger partial charge in [-0.05, 0) is 37.9 Å². The molecule has 0 radical (unpaired) electrons. The van der Waals surface area contributed by atoms with E-state index in [1.807, 2.05) is 19.9 Å².